The first-order valence-corrected chi connectivity index (χ1v) is 7.45. The summed E-state index contributed by atoms with van der Waals surface area (Å²) in [4.78, 5) is 2.51. The average molecular weight is 287 g/mol. The molecule has 0 aromatic heterocycles. The summed E-state index contributed by atoms with van der Waals surface area (Å²) in [5.41, 5.74) is 2.57. The fourth-order valence-electron chi connectivity index (χ4n) is 2.78. The first-order valence-electron chi connectivity index (χ1n) is 7.08. The number of nitrogens with one attached hydrogen (secondary N) is 1. The van der Waals surface area contributed by atoms with Crippen LogP contribution >= 0.6 is 11.6 Å². The van der Waals surface area contributed by atoms with Crippen LogP contribution in [-0.4, -0.2) is 24.5 Å². The fourth-order valence-corrected chi connectivity index (χ4v) is 2.98. The van der Waals surface area contributed by atoms with Crippen LogP contribution in [-0.2, 0) is 6.54 Å². The first-order chi connectivity index (χ1) is 9.84. The highest BCUT2D eigenvalue weighted by atomic mass is 35.5. The Morgan fingerprint density at radius 3 is 2.60 bits per heavy atom. The number of hydrogen-bond donors (Lipinski definition) is 1. The summed E-state index contributed by atoms with van der Waals surface area (Å²) in [5.74, 6) is 0. The predicted molar refractivity (Wildman–Crippen MR) is 83.9 cm³/mol. The highest BCUT2D eigenvalue weighted by Crippen LogP contribution is 2.26. The molecule has 1 fully saturated rings. The molecule has 1 aliphatic rings. The van der Waals surface area contributed by atoms with Gasteiger partial charge in [0.1, 0.15) is 0 Å². The van der Waals surface area contributed by atoms with Crippen molar-refractivity contribution in [3.63, 3.8) is 0 Å². The van der Waals surface area contributed by atoms with Gasteiger partial charge >= 0.3 is 0 Å². The Hall–Kier alpha value is -1.35. The smallest absolute Gasteiger partial charge is 0.0476 e. The topological polar surface area (TPSA) is 15.3 Å². The molecular formula is C17H19ClN2. The Balaban J connectivity index is 1.81. The maximum atomic E-state index is 6.29. The second-order valence-electron chi connectivity index (χ2n) is 5.19. The van der Waals surface area contributed by atoms with Crippen LogP contribution in [0, 0.1) is 0 Å². The molecule has 1 aliphatic heterocycles. The molecule has 20 heavy (non-hydrogen) atoms. The Morgan fingerprint density at radius 2 is 1.80 bits per heavy atom. The van der Waals surface area contributed by atoms with Crippen molar-refractivity contribution < 1.29 is 0 Å². The van der Waals surface area contributed by atoms with Gasteiger partial charge in [-0.05, 0) is 17.2 Å². The quantitative estimate of drug-likeness (QED) is 0.929. The van der Waals surface area contributed by atoms with Crippen molar-refractivity contribution in [2.75, 3.05) is 19.6 Å². The molecule has 0 aliphatic carbocycles. The van der Waals surface area contributed by atoms with Crippen LogP contribution in [0.5, 0.6) is 0 Å². The van der Waals surface area contributed by atoms with Gasteiger partial charge in [-0.2, -0.15) is 0 Å². The van der Waals surface area contributed by atoms with Crippen LogP contribution < -0.4 is 5.32 Å². The molecule has 0 bridgehead atoms. The monoisotopic (exact) mass is 286 g/mol. The second-order valence-corrected chi connectivity index (χ2v) is 5.60. The van der Waals surface area contributed by atoms with Crippen LogP contribution in [0.25, 0.3) is 0 Å². The Morgan fingerprint density at radius 1 is 1.05 bits per heavy atom. The van der Waals surface area contributed by atoms with E-state index >= 15 is 0 Å². The van der Waals surface area contributed by atoms with Crippen LogP contribution in [0.15, 0.2) is 54.6 Å². The number of nitrogens with zero attached hydrogens (tertiary/aromatic N) is 1. The van der Waals surface area contributed by atoms with E-state index in [-0.39, 0.29) is 0 Å². The Kier molecular flexibility index (Phi) is 4.36. The van der Waals surface area contributed by atoms with Crippen molar-refractivity contribution in [1.82, 2.24) is 10.2 Å². The summed E-state index contributed by atoms with van der Waals surface area (Å²) >= 11 is 6.29. The van der Waals surface area contributed by atoms with Gasteiger partial charge in [-0.15, -0.1) is 0 Å². The molecule has 1 saturated heterocycles. The summed E-state index contributed by atoms with van der Waals surface area (Å²) < 4.78 is 0. The number of piperazine rings is 1. The lowest BCUT2D eigenvalue weighted by Crippen LogP contribution is -2.45. The van der Waals surface area contributed by atoms with Crippen molar-refractivity contribution in [1.29, 1.82) is 0 Å². The van der Waals surface area contributed by atoms with Gasteiger partial charge in [-0.3, -0.25) is 4.90 Å². The average Bonchev–Trinajstić information content (AvgIpc) is 2.51. The van der Waals surface area contributed by atoms with Crippen LogP contribution in [0.4, 0.5) is 0 Å². The van der Waals surface area contributed by atoms with Crippen LogP contribution in [0.1, 0.15) is 17.2 Å². The third-order valence-corrected chi connectivity index (χ3v) is 4.24. The summed E-state index contributed by atoms with van der Waals surface area (Å²) in [6.07, 6.45) is 0. The molecule has 1 unspecified atom stereocenters. The van der Waals surface area contributed by atoms with E-state index in [4.69, 9.17) is 11.6 Å². The Bertz CT molecular complexity index is 556. The van der Waals surface area contributed by atoms with Gasteiger partial charge in [-0.25, -0.2) is 0 Å². The fraction of sp³-hybridized carbons (Fsp3) is 0.294. The zero-order valence-electron chi connectivity index (χ0n) is 11.4. The van der Waals surface area contributed by atoms with E-state index in [1.807, 2.05) is 12.1 Å². The molecule has 3 rings (SSSR count). The highest BCUT2D eigenvalue weighted by Gasteiger charge is 2.23. The molecular weight excluding hydrogens is 268 g/mol. The minimum Gasteiger partial charge on any atom is -0.314 e. The molecule has 104 valence electrons. The summed E-state index contributed by atoms with van der Waals surface area (Å²) in [6.45, 7) is 3.98. The van der Waals surface area contributed by atoms with Gasteiger partial charge in [-0.1, -0.05) is 60.1 Å². The van der Waals surface area contributed by atoms with Gasteiger partial charge in [0.15, 0.2) is 0 Å². The van der Waals surface area contributed by atoms with Crippen molar-refractivity contribution in [3.05, 3.63) is 70.7 Å². The highest BCUT2D eigenvalue weighted by molar-refractivity contribution is 6.31. The first kappa shape index (κ1) is 13.6. The summed E-state index contributed by atoms with van der Waals surface area (Å²) in [5, 5.41) is 4.35. The van der Waals surface area contributed by atoms with E-state index < -0.39 is 0 Å². The van der Waals surface area contributed by atoms with Crippen molar-refractivity contribution >= 4 is 11.6 Å². The van der Waals surface area contributed by atoms with Crippen LogP contribution in [0.3, 0.4) is 0 Å². The maximum Gasteiger partial charge on any atom is 0.0476 e. The molecule has 1 atom stereocenters. The van der Waals surface area contributed by atoms with Gasteiger partial charge in [0.05, 0.1) is 0 Å². The molecule has 3 heteroatoms. The number of hydrogen-bond acceptors (Lipinski definition) is 2. The number of halogens is 1. The molecule has 2 aromatic rings. The third kappa shape index (κ3) is 3.04. The van der Waals surface area contributed by atoms with E-state index in [0.29, 0.717) is 6.04 Å². The summed E-state index contributed by atoms with van der Waals surface area (Å²) in [7, 11) is 0. The van der Waals surface area contributed by atoms with Gasteiger partial charge in [0, 0.05) is 37.2 Å². The minimum absolute atomic E-state index is 0.418. The van der Waals surface area contributed by atoms with Gasteiger partial charge in [0.25, 0.3) is 0 Å². The lowest BCUT2D eigenvalue weighted by molar-refractivity contribution is 0.154. The normalized spacial score (nSPS) is 19.9. The van der Waals surface area contributed by atoms with E-state index in [0.717, 1.165) is 31.2 Å². The molecule has 0 saturated carbocycles. The Labute approximate surface area is 125 Å². The largest absolute Gasteiger partial charge is 0.314 e. The zero-order chi connectivity index (χ0) is 13.8. The van der Waals surface area contributed by atoms with Crippen molar-refractivity contribution in [2.45, 2.75) is 12.6 Å². The number of rotatable bonds is 3. The van der Waals surface area contributed by atoms with Crippen LogP contribution in [0.2, 0.25) is 5.02 Å². The molecule has 0 spiro atoms. The minimum atomic E-state index is 0.418. The SMILES string of the molecule is Clc1ccccc1CN1CCNCC1c1ccccc1. The van der Waals surface area contributed by atoms with Gasteiger partial charge < -0.3 is 5.32 Å². The zero-order valence-corrected chi connectivity index (χ0v) is 12.2. The predicted octanol–water partition coefficient (Wildman–Crippen LogP) is 3.49. The lowest BCUT2D eigenvalue weighted by atomic mass is 10.0. The molecule has 0 radical (unpaired) electrons. The van der Waals surface area contributed by atoms with Crippen molar-refractivity contribution in [2.24, 2.45) is 0 Å². The van der Waals surface area contributed by atoms with Crippen molar-refractivity contribution in [3.8, 4) is 0 Å². The van der Waals surface area contributed by atoms with E-state index in [9.17, 15) is 0 Å². The molecule has 2 nitrogen and oxygen atoms in total. The van der Waals surface area contributed by atoms with E-state index in [1.165, 1.54) is 11.1 Å². The number of benzene rings is 2. The molecule has 2 aromatic carbocycles. The molecule has 0 amide bonds. The molecule has 1 N–H and O–H groups in total. The van der Waals surface area contributed by atoms with E-state index in [2.05, 4.69) is 52.7 Å². The van der Waals surface area contributed by atoms with E-state index in [1.54, 1.807) is 0 Å². The standard InChI is InChI=1S/C17H19ClN2/c18-16-9-5-4-8-15(16)13-20-11-10-19-12-17(20)14-6-2-1-3-7-14/h1-9,17,19H,10-13H2. The molecule has 1 heterocycles. The second kappa shape index (κ2) is 6.40. The van der Waals surface area contributed by atoms with Gasteiger partial charge in [0.2, 0.25) is 0 Å². The maximum absolute atomic E-state index is 6.29. The summed E-state index contributed by atoms with van der Waals surface area (Å²) in [6, 6.07) is 19.2. The third-order valence-electron chi connectivity index (χ3n) is 3.87. The lowest BCUT2D eigenvalue weighted by Gasteiger charge is -2.36.